The normalized spacial score (nSPS) is 19.3. The molecule has 2 aliphatic heterocycles. The van der Waals surface area contributed by atoms with Crippen LogP contribution in [0.25, 0.3) is 0 Å². The number of allylic oxidation sites excluding steroid dienone is 1. The van der Waals surface area contributed by atoms with Crippen molar-refractivity contribution in [1.82, 2.24) is 14.6 Å². The quantitative estimate of drug-likeness (QED) is 0.333. The fourth-order valence-electron chi connectivity index (χ4n) is 4.58. The Morgan fingerprint density at radius 1 is 1.29 bits per heavy atom. The van der Waals surface area contributed by atoms with Crippen LogP contribution in [0.2, 0.25) is 5.02 Å². The molecule has 1 atom stereocenters. The third kappa shape index (κ3) is 6.42. The maximum absolute atomic E-state index is 13.8. The number of methoxy groups -OCH3 is 1. The molecule has 1 saturated heterocycles. The molecule has 2 aliphatic rings. The minimum absolute atomic E-state index is 0.0714. The lowest BCUT2D eigenvalue weighted by Crippen LogP contribution is -2.44. The Hall–Kier alpha value is -2.38. The first-order valence-corrected chi connectivity index (χ1v) is 15.2. The topological polar surface area (TPSA) is 110 Å². The predicted octanol–water partition coefficient (Wildman–Crippen LogP) is 3.92. The summed E-state index contributed by atoms with van der Waals surface area (Å²) in [6.45, 7) is 3.24. The van der Waals surface area contributed by atoms with Crippen molar-refractivity contribution >= 4 is 44.8 Å². The monoisotopic (exact) mass is 584 g/mol. The molecule has 4 rings (SSSR count). The second kappa shape index (κ2) is 12.6. The van der Waals surface area contributed by atoms with Crippen LogP contribution in [0.4, 0.5) is 4.39 Å². The number of carbonyl (C=O) groups is 1. The van der Waals surface area contributed by atoms with Gasteiger partial charge in [-0.15, -0.1) is 11.3 Å². The number of hydrogen-bond donors (Lipinski definition) is 1. The summed E-state index contributed by atoms with van der Waals surface area (Å²) in [4.78, 5) is 22.2. The van der Waals surface area contributed by atoms with E-state index in [0.717, 1.165) is 6.42 Å². The van der Waals surface area contributed by atoms with Crippen molar-refractivity contribution in [2.75, 3.05) is 39.2 Å². The lowest BCUT2D eigenvalue weighted by Gasteiger charge is -2.36. The Labute approximate surface area is 230 Å². The molecular weight excluding hydrogens is 555 g/mol. The van der Waals surface area contributed by atoms with Crippen LogP contribution in [0.1, 0.15) is 42.8 Å². The summed E-state index contributed by atoms with van der Waals surface area (Å²) in [6, 6.07) is 3.10. The summed E-state index contributed by atoms with van der Waals surface area (Å²) in [7, 11) is -2.18. The molecule has 1 fully saturated rings. The summed E-state index contributed by atoms with van der Waals surface area (Å²) < 4.78 is 51.5. The van der Waals surface area contributed by atoms with Crippen molar-refractivity contribution in [3.05, 3.63) is 62.5 Å². The van der Waals surface area contributed by atoms with Gasteiger partial charge in [0, 0.05) is 53.5 Å². The molecule has 0 saturated carbocycles. The minimum Gasteiger partial charge on any atom is -0.466 e. The number of piperidine rings is 1. The van der Waals surface area contributed by atoms with E-state index in [9.17, 15) is 17.6 Å². The third-order valence-electron chi connectivity index (χ3n) is 6.46. The lowest BCUT2D eigenvalue weighted by atomic mass is 9.86. The minimum atomic E-state index is -3.47. The fourth-order valence-corrected chi connectivity index (χ4v) is 6.79. The Balaban J connectivity index is 1.65. The van der Waals surface area contributed by atoms with E-state index in [-0.39, 0.29) is 28.9 Å². The number of aromatic nitrogens is 1. The van der Waals surface area contributed by atoms with Crippen molar-refractivity contribution in [2.24, 2.45) is 10.9 Å². The van der Waals surface area contributed by atoms with Crippen LogP contribution in [-0.2, 0) is 24.3 Å². The van der Waals surface area contributed by atoms with Gasteiger partial charge in [0.25, 0.3) is 0 Å². The molecule has 38 heavy (non-hydrogen) atoms. The zero-order valence-electron chi connectivity index (χ0n) is 21.2. The average Bonchev–Trinajstić information content (AvgIpc) is 3.45. The van der Waals surface area contributed by atoms with Gasteiger partial charge in [-0.3, -0.25) is 4.99 Å². The molecular formula is C25H30ClFN4O5S2. The van der Waals surface area contributed by atoms with E-state index in [1.807, 2.05) is 12.3 Å². The number of nitrogens with zero attached hydrogens (tertiary/aromatic N) is 3. The fraction of sp³-hybridized carbons (Fsp3) is 0.480. The molecule has 9 nitrogen and oxygen atoms in total. The molecule has 1 aromatic heterocycles. The average molecular weight is 585 g/mol. The lowest BCUT2D eigenvalue weighted by molar-refractivity contribution is -0.136. The summed E-state index contributed by atoms with van der Waals surface area (Å²) in [5.41, 5.74) is 1.30. The molecule has 2 aromatic rings. The Bertz CT molecular complexity index is 1310. The summed E-state index contributed by atoms with van der Waals surface area (Å²) in [5.74, 6) is -0.898. The number of esters is 1. The number of hydrogen-bond acceptors (Lipinski definition) is 9. The van der Waals surface area contributed by atoms with Gasteiger partial charge in [0.1, 0.15) is 11.9 Å². The second-order valence-electron chi connectivity index (χ2n) is 8.93. The number of benzene rings is 1. The predicted molar refractivity (Wildman–Crippen MR) is 144 cm³/mol. The first-order valence-electron chi connectivity index (χ1n) is 12.3. The van der Waals surface area contributed by atoms with Crippen molar-refractivity contribution in [2.45, 2.75) is 32.2 Å². The van der Waals surface area contributed by atoms with Crippen LogP contribution in [0.5, 0.6) is 0 Å². The molecule has 1 aromatic carbocycles. The Morgan fingerprint density at radius 2 is 2.05 bits per heavy atom. The van der Waals surface area contributed by atoms with Gasteiger partial charge >= 0.3 is 5.97 Å². The van der Waals surface area contributed by atoms with Crippen molar-refractivity contribution in [3.63, 3.8) is 0 Å². The highest BCUT2D eigenvalue weighted by Gasteiger charge is 2.38. The van der Waals surface area contributed by atoms with Gasteiger partial charge in [-0.2, -0.15) is 0 Å². The van der Waals surface area contributed by atoms with Crippen LogP contribution in [0.15, 0.2) is 46.0 Å². The molecule has 0 amide bonds. The number of aliphatic imine (C=N–C) groups is 1. The molecule has 1 unspecified atom stereocenters. The number of thiazole rings is 1. The highest BCUT2D eigenvalue weighted by molar-refractivity contribution is 7.89. The van der Waals surface area contributed by atoms with Gasteiger partial charge < -0.3 is 14.8 Å². The second-order valence-corrected chi connectivity index (χ2v) is 12.3. The van der Waals surface area contributed by atoms with Crippen LogP contribution < -0.4 is 5.32 Å². The SMILES string of the molecule is CCCOCCS(=O)(=O)N1CCC(C2=C(C(=O)OC)C(c3ccc(F)cc3Cl)N=C(c3nccs3)N2)CC1. The van der Waals surface area contributed by atoms with E-state index in [2.05, 4.69) is 10.3 Å². The molecule has 206 valence electrons. The zero-order valence-corrected chi connectivity index (χ0v) is 23.5. The van der Waals surface area contributed by atoms with Crippen LogP contribution in [0, 0.1) is 11.7 Å². The van der Waals surface area contributed by atoms with Gasteiger partial charge in [-0.25, -0.2) is 26.9 Å². The van der Waals surface area contributed by atoms with Crippen molar-refractivity contribution in [1.29, 1.82) is 0 Å². The number of sulfonamides is 1. The summed E-state index contributed by atoms with van der Waals surface area (Å²) >= 11 is 7.79. The number of rotatable bonds is 10. The van der Waals surface area contributed by atoms with Gasteiger partial charge in [-0.1, -0.05) is 24.6 Å². The number of carbonyl (C=O) groups excluding carboxylic acids is 1. The van der Waals surface area contributed by atoms with E-state index in [0.29, 0.717) is 54.6 Å². The largest absolute Gasteiger partial charge is 0.466 e. The van der Waals surface area contributed by atoms with Crippen molar-refractivity contribution in [3.8, 4) is 0 Å². The molecule has 0 radical (unpaired) electrons. The van der Waals surface area contributed by atoms with E-state index < -0.39 is 27.9 Å². The maximum atomic E-state index is 13.8. The number of ether oxygens (including phenoxy) is 2. The zero-order chi connectivity index (χ0) is 27.3. The van der Waals surface area contributed by atoms with Gasteiger partial charge in [-0.05, 0) is 31.4 Å². The molecule has 3 heterocycles. The maximum Gasteiger partial charge on any atom is 0.338 e. The van der Waals surface area contributed by atoms with E-state index in [1.54, 1.807) is 6.20 Å². The smallest absolute Gasteiger partial charge is 0.338 e. The highest BCUT2D eigenvalue weighted by Crippen LogP contribution is 2.40. The third-order valence-corrected chi connectivity index (χ3v) is 9.40. The molecule has 13 heteroatoms. The number of amidine groups is 1. The van der Waals surface area contributed by atoms with E-state index >= 15 is 0 Å². The first kappa shape index (κ1) is 28.6. The Morgan fingerprint density at radius 3 is 2.68 bits per heavy atom. The first-order chi connectivity index (χ1) is 18.2. The highest BCUT2D eigenvalue weighted by atomic mass is 35.5. The van der Waals surface area contributed by atoms with Gasteiger partial charge in [0.05, 0.1) is 25.0 Å². The molecule has 0 spiro atoms. The van der Waals surface area contributed by atoms with Gasteiger partial charge in [0.15, 0.2) is 10.8 Å². The van der Waals surface area contributed by atoms with Crippen molar-refractivity contribution < 1.29 is 27.1 Å². The summed E-state index contributed by atoms with van der Waals surface area (Å²) in [6.07, 6.45) is 3.43. The summed E-state index contributed by atoms with van der Waals surface area (Å²) in [5, 5.41) is 5.85. The van der Waals surface area contributed by atoms with E-state index in [1.165, 1.54) is 41.0 Å². The van der Waals surface area contributed by atoms with Crippen LogP contribution in [0.3, 0.4) is 0 Å². The standard InChI is InChI=1S/C25H30ClFN4O5S2/c1-3-11-36-12-14-38(33,34)31-9-6-16(7-10-31)21-20(25(32)35-2)22(18-5-4-17(27)15-19(18)26)30-23(29-21)24-28-8-13-37-24/h4-5,8,13,15-16,22H,3,6-7,9-12,14H2,1-2H3,(H,29,30). The molecule has 1 N–H and O–H groups in total. The number of nitrogens with one attached hydrogen (secondary N) is 1. The number of halogens is 2. The molecule has 0 aliphatic carbocycles. The van der Waals surface area contributed by atoms with E-state index in [4.69, 9.17) is 26.1 Å². The van der Waals surface area contributed by atoms with Gasteiger partial charge in [0.2, 0.25) is 10.0 Å². The van der Waals surface area contributed by atoms with Crippen LogP contribution in [-0.4, -0.2) is 68.7 Å². The van der Waals surface area contributed by atoms with Crippen LogP contribution >= 0.6 is 22.9 Å². The molecule has 0 bridgehead atoms. The Kier molecular flexibility index (Phi) is 9.53.